The van der Waals surface area contributed by atoms with Gasteiger partial charge in [0.1, 0.15) is 17.7 Å². The van der Waals surface area contributed by atoms with Crippen LogP contribution in [-0.4, -0.2) is 19.1 Å². The molecule has 3 aromatic rings. The average molecular weight is 421 g/mol. The molecule has 0 N–H and O–H groups in total. The van der Waals surface area contributed by atoms with Gasteiger partial charge >= 0.3 is 0 Å². The summed E-state index contributed by atoms with van der Waals surface area (Å²) in [5.74, 6) is 0. The second-order valence-electron chi connectivity index (χ2n) is 6.16. The lowest BCUT2D eigenvalue weighted by Crippen LogP contribution is -2.08. The molecule has 6 nitrogen and oxygen atoms in total. The summed E-state index contributed by atoms with van der Waals surface area (Å²) < 4.78 is 1.13. The number of benzene rings is 2. The minimum atomic E-state index is 0.167. The van der Waals surface area contributed by atoms with E-state index in [-0.39, 0.29) is 5.57 Å². The van der Waals surface area contributed by atoms with E-state index in [4.69, 9.17) is 10.5 Å². The first kappa shape index (κ1) is 22.1. The SMILES string of the molecule is CC=C(C#N)C#N.Cc1ccc2nc(N=Nc3ccc(N(C)C)cc3S)sc2c1. The van der Waals surface area contributed by atoms with Crippen molar-refractivity contribution in [1.82, 2.24) is 4.98 Å². The molecule has 29 heavy (non-hydrogen) atoms. The van der Waals surface area contributed by atoms with Crippen LogP contribution in [0.2, 0.25) is 0 Å². The van der Waals surface area contributed by atoms with E-state index in [0.29, 0.717) is 5.13 Å². The Bertz CT molecular complexity index is 1130. The van der Waals surface area contributed by atoms with Crippen LogP contribution in [0.15, 0.2) is 63.2 Å². The minimum absolute atomic E-state index is 0.167. The van der Waals surface area contributed by atoms with Crippen LogP contribution in [0, 0.1) is 29.6 Å². The predicted molar refractivity (Wildman–Crippen MR) is 122 cm³/mol. The van der Waals surface area contributed by atoms with Gasteiger partial charge in [0.25, 0.3) is 0 Å². The van der Waals surface area contributed by atoms with Gasteiger partial charge in [0.2, 0.25) is 5.13 Å². The number of thiol groups is 1. The van der Waals surface area contributed by atoms with E-state index in [0.717, 1.165) is 26.5 Å². The lowest BCUT2D eigenvalue weighted by atomic mass is 10.2. The second kappa shape index (κ2) is 10.4. The first-order valence-electron chi connectivity index (χ1n) is 8.63. The van der Waals surface area contributed by atoms with Crippen molar-refractivity contribution in [3.8, 4) is 12.1 Å². The van der Waals surface area contributed by atoms with Gasteiger partial charge in [0, 0.05) is 24.7 Å². The van der Waals surface area contributed by atoms with Crippen molar-refractivity contribution in [3.05, 3.63) is 53.6 Å². The fourth-order valence-corrected chi connectivity index (χ4v) is 3.32. The largest absolute Gasteiger partial charge is 0.378 e. The summed E-state index contributed by atoms with van der Waals surface area (Å²) in [5, 5.41) is 25.1. The third-order valence-electron chi connectivity index (χ3n) is 3.78. The minimum Gasteiger partial charge on any atom is -0.378 e. The number of allylic oxidation sites excluding steroid dienone is 2. The van der Waals surface area contributed by atoms with Crippen LogP contribution in [0.5, 0.6) is 0 Å². The second-order valence-corrected chi connectivity index (χ2v) is 7.65. The molecule has 1 aromatic heterocycles. The Kier molecular flexibility index (Phi) is 7.90. The summed E-state index contributed by atoms with van der Waals surface area (Å²) in [6.07, 6.45) is 1.47. The normalized spacial score (nSPS) is 10.0. The third-order valence-corrected chi connectivity index (χ3v) is 5.04. The zero-order valence-corrected chi connectivity index (χ0v) is 18.3. The summed E-state index contributed by atoms with van der Waals surface area (Å²) in [6.45, 7) is 3.72. The van der Waals surface area contributed by atoms with Crippen LogP contribution in [0.4, 0.5) is 16.5 Å². The molecule has 0 aliphatic rings. The van der Waals surface area contributed by atoms with Crippen molar-refractivity contribution in [2.24, 2.45) is 10.2 Å². The molecule has 0 atom stereocenters. The first-order valence-corrected chi connectivity index (χ1v) is 9.90. The highest BCUT2D eigenvalue weighted by atomic mass is 32.1. The topological polar surface area (TPSA) is 88.4 Å². The van der Waals surface area contributed by atoms with E-state index in [1.165, 1.54) is 23.0 Å². The Morgan fingerprint density at radius 3 is 2.41 bits per heavy atom. The summed E-state index contributed by atoms with van der Waals surface area (Å²) in [5.41, 5.74) is 4.17. The molecule has 8 heteroatoms. The first-order chi connectivity index (χ1) is 13.9. The summed E-state index contributed by atoms with van der Waals surface area (Å²) in [7, 11) is 3.99. The molecule has 0 aliphatic heterocycles. The van der Waals surface area contributed by atoms with Crippen LogP contribution < -0.4 is 4.90 Å². The number of aromatic nitrogens is 1. The standard InChI is InChI=1S/C16H16N4S2.C5H4N2/c1-10-4-6-13-15(8-10)22-16(17-13)19-18-12-7-5-11(20(2)3)9-14(12)21;1-2-5(3-6)4-7/h4-9,21H,1-3H3;2H,1H3. The van der Waals surface area contributed by atoms with Gasteiger partial charge in [-0.3, -0.25) is 0 Å². The van der Waals surface area contributed by atoms with Gasteiger partial charge in [-0.2, -0.15) is 10.5 Å². The number of nitriles is 2. The Morgan fingerprint density at radius 1 is 1.14 bits per heavy atom. The average Bonchev–Trinajstić information content (AvgIpc) is 3.10. The molecule has 2 aromatic carbocycles. The Balaban J connectivity index is 0.000000370. The van der Waals surface area contributed by atoms with Crippen LogP contribution in [0.25, 0.3) is 10.2 Å². The predicted octanol–water partition coefficient (Wildman–Crippen LogP) is 6.35. The highest BCUT2D eigenvalue weighted by Gasteiger charge is 2.04. The number of azo groups is 1. The van der Waals surface area contributed by atoms with Crippen LogP contribution in [0.3, 0.4) is 0 Å². The van der Waals surface area contributed by atoms with E-state index in [9.17, 15) is 0 Å². The third kappa shape index (κ3) is 6.15. The molecule has 0 saturated heterocycles. The molecule has 0 amide bonds. The Morgan fingerprint density at radius 2 is 1.86 bits per heavy atom. The molecule has 1 heterocycles. The van der Waals surface area contributed by atoms with Crippen LogP contribution in [-0.2, 0) is 0 Å². The van der Waals surface area contributed by atoms with E-state index in [2.05, 4.69) is 46.9 Å². The number of aryl methyl sites for hydroxylation is 1. The zero-order chi connectivity index (χ0) is 21.4. The fraction of sp³-hybridized carbons (Fsp3) is 0.190. The van der Waals surface area contributed by atoms with Crippen molar-refractivity contribution in [1.29, 1.82) is 10.5 Å². The van der Waals surface area contributed by atoms with Gasteiger partial charge in [0.15, 0.2) is 0 Å². The summed E-state index contributed by atoms with van der Waals surface area (Å²) >= 11 is 6.01. The van der Waals surface area contributed by atoms with Gasteiger partial charge in [-0.1, -0.05) is 23.5 Å². The van der Waals surface area contributed by atoms with Crippen molar-refractivity contribution >= 4 is 50.7 Å². The molecule has 0 saturated carbocycles. The Hall–Kier alpha value is -3.20. The van der Waals surface area contributed by atoms with E-state index < -0.39 is 0 Å². The molecule has 0 radical (unpaired) electrons. The molecule has 3 rings (SSSR count). The summed E-state index contributed by atoms with van der Waals surface area (Å²) in [6, 6.07) is 15.5. The molecule has 0 unspecified atom stereocenters. The molecular formula is C21H20N6S2. The molecular weight excluding hydrogens is 400 g/mol. The molecule has 0 aliphatic carbocycles. The highest BCUT2D eigenvalue weighted by molar-refractivity contribution is 7.80. The van der Waals surface area contributed by atoms with Crippen molar-refractivity contribution in [3.63, 3.8) is 0 Å². The number of thiazole rings is 1. The molecule has 146 valence electrons. The van der Waals surface area contributed by atoms with Gasteiger partial charge in [-0.25, -0.2) is 4.98 Å². The number of fused-ring (bicyclic) bond motifs is 1. The number of hydrogen-bond donors (Lipinski definition) is 1. The molecule has 0 spiro atoms. The number of anilines is 1. The molecule has 0 bridgehead atoms. The maximum absolute atomic E-state index is 7.99. The van der Waals surface area contributed by atoms with Gasteiger partial charge < -0.3 is 4.90 Å². The van der Waals surface area contributed by atoms with Gasteiger partial charge in [-0.15, -0.1) is 22.9 Å². The highest BCUT2D eigenvalue weighted by Crippen LogP contribution is 2.32. The smallest absolute Gasteiger partial charge is 0.231 e. The van der Waals surface area contributed by atoms with E-state index in [1.54, 1.807) is 19.1 Å². The lowest BCUT2D eigenvalue weighted by molar-refractivity contribution is 1.11. The van der Waals surface area contributed by atoms with Gasteiger partial charge in [-0.05, 0) is 49.7 Å². The quantitative estimate of drug-likeness (QED) is 0.303. The van der Waals surface area contributed by atoms with Crippen molar-refractivity contribution < 1.29 is 0 Å². The maximum Gasteiger partial charge on any atom is 0.231 e. The number of rotatable bonds is 3. The fourth-order valence-electron chi connectivity index (χ4n) is 2.19. The number of nitrogens with zero attached hydrogens (tertiary/aromatic N) is 6. The number of hydrogen-bond acceptors (Lipinski definition) is 8. The maximum atomic E-state index is 7.99. The van der Waals surface area contributed by atoms with Crippen LogP contribution >= 0.6 is 24.0 Å². The van der Waals surface area contributed by atoms with Crippen LogP contribution in [0.1, 0.15) is 12.5 Å². The lowest BCUT2D eigenvalue weighted by Gasteiger charge is -2.12. The monoisotopic (exact) mass is 420 g/mol. The van der Waals surface area contributed by atoms with E-state index >= 15 is 0 Å². The molecule has 0 fully saturated rings. The van der Waals surface area contributed by atoms with Gasteiger partial charge in [0.05, 0.1) is 15.9 Å². The van der Waals surface area contributed by atoms with Crippen molar-refractivity contribution in [2.45, 2.75) is 18.7 Å². The van der Waals surface area contributed by atoms with Crippen molar-refractivity contribution in [2.75, 3.05) is 19.0 Å². The summed E-state index contributed by atoms with van der Waals surface area (Å²) in [4.78, 5) is 7.29. The van der Waals surface area contributed by atoms with E-state index in [1.807, 2.05) is 43.3 Å². The Labute approximate surface area is 179 Å². The zero-order valence-electron chi connectivity index (χ0n) is 16.6.